The lowest BCUT2D eigenvalue weighted by molar-refractivity contribution is 0.514. The van der Waals surface area contributed by atoms with Crippen molar-refractivity contribution in [3.05, 3.63) is 66.5 Å². The van der Waals surface area contributed by atoms with Gasteiger partial charge in [0.2, 0.25) is 0 Å². The van der Waals surface area contributed by atoms with Crippen LogP contribution in [0.2, 0.25) is 0 Å². The topological polar surface area (TPSA) is 138 Å². The van der Waals surface area contributed by atoms with Crippen LogP contribution in [-0.4, -0.2) is 59.2 Å². The van der Waals surface area contributed by atoms with Gasteiger partial charge in [-0.1, -0.05) is 6.07 Å². The number of rotatable bonds is 4. The van der Waals surface area contributed by atoms with Crippen LogP contribution in [0.4, 0.5) is 10.2 Å². The van der Waals surface area contributed by atoms with Gasteiger partial charge in [0.15, 0.2) is 11.5 Å². The third-order valence-corrected chi connectivity index (χ3v) is 6.50. The van der Waals surface area contributed by atoms with E-state index in [9.17, 15) is 4.39 Å². The van der Waals surface area contributed by atoms with Gasteiger partial charge in [-0.2, -0.15) is 5.10 Å². The summed E-state index contributed by atoms with van der Waals surface area (Å²) in [6, 6.07) is 8.84. The van der Waals surface area contributed by atoms with Crippen molar-refractivity contribution in [3.63, 3.8) is 0 Å². The van der Waals surface area contributed by atoms with E-state index in [0.717, 1.165) is 35.6 Å². The Morgan fingerprint density at radius 2 is 1.78 bits per heavy atom. The highest BCUT2D eigenvalue weighted by atomic mass is 19.1. The number of nitrogens with one attached hydrogen (secondary N) is 2. The number of aryl methyl sites for hydroxylation is 1. The van der Waals surface area contributed by atoms with Crippen LogP contribution in [0.25, 0.3) is 56.1 Å². The third-order valence-electron chi connectivity index (χ3n) is 6.50. The molecule has 0 saturated carbocycles. The van der Waals surface area contributed by atoms with Crippen LogP contribution in [0.3, 0.4) is 0 Å². The molecule has 6 aromatic rings. The van der Waals surface area contributed by atoms with Crippen molar-refractivity contribution in [2.24, 2.45) is 5.73 Å². The summed E-state index contributed by atoms with van der Waals surface area (Å²) >= 11 is 0. The van der Waals surface area contributed by atoms with Crippen molar-refractivity contribution >= 4 is 27.9 Å². The van der Waals surface area contributed by atoms with E-state index in [1.54, 1.807) is 24.8 Å². The second-order valence-corrected chi connectivity index (χ2v) is 9.28. The maximum atomic E-state index is 14.1. The molecule has 0 bridgehead atoms. The molecule has 5 aromatic heterocycles. The molecule has 1 aromatic carbocycles. The average Bonchev–Trinajstić information content (AvgIpc) is 3.49. The highest BCUT2D eigenvalue weighted by Gasteiger charge is 2.25. The molecule has 0 aliphatic carbocycles. The van der Waals surface area contributed by atoms with Crippen molar-refractivity contribution in [2.45, 2.75) is 13.0 Å². The highest BCUT2D eigenvalue weighted by Crippen LogP contribution is 2.32. The van der Waals surface area contributed by atoms with E-state index >= 15 is 0 Å². The van der Waals surface area contributed by atoms with Crippen molar-refractivity contribution < 1.29 is 4.39 Å². The molecule has 1 fully saturated rings. The van der Waals surface area contributed by atoms with Gasteiger partial charge in [-0.05, 0) is 42.3 Å². The van der Waals surface area contributed by atoms with E-state index in [1.165, 1.54) is 12.1 Å². The summed E-state index contributed by atoms with van der Waals surface area (Å²) < 4.78 is 14.1. The normalized spacial score (nSPS) is 14.0. The fraction of sp³-hybridized carbons (Fsp3) is 0.154. The molecule has 1 aliphatic rings. The minimum atomic E-state index is -0.304. The second-order valence-electron chi connectivity index (χ2n) is 9.28. The minimum Gasteiger partial charge on any atom is -0.352 e. The Balaban J connectivity index is 1.31. The predicted octanol–water partition coefficient (Wildman–Crippen LogP) is 3.62. The van der Waals surface area contributed by atoms with Crippen molar-refractivity contribution in [3.8, 4) is 34.0 Å². The van der Waals surface area contributed by atoms with Gasteiger partial charge < -0.3 is 15.6 Å². The van der Waals surface area contributed by atoms with Crippen LogP contribution >= 0.6 is 0 Å². The molecule has 1 saturated heterocycles. The third kappa shape index (κ3) is 3.67. The summed E-state index contributed by atoms with van der Waals surface area (Å²) in [4.78, 5) is 28.5. The van der Waals surface area contributed by atoms with Gasteiger partial charge in [-0.25, -0.2) is 19.3 Å². The Kier molecular flexibility index (Phi) is 4.73. The van der Waals surface area contributed by atoms with E-state index in [0.29, 0.717) is 45.0 Å². The Labute approximate surface area is 209 Å². The number of aromatic nitrogens is 8. The molecule has 0 spiro atoms. The molecule has 37 heavy (non-hydrogen) atoms. The first-order valence-electron chi connectivity index (χ1n) is 11.8. The second kappa shape index (κ2) is 8.14. The molecule has 11 heteroatoms. The van der Waals surface area contributed by atoms with Gasteiger partial charge in [0, 0.05) is 30.9 Å². The van der Waals surface area contributed by atoms with Crippen LogP contribution in [0.5, 0.6) is 0 Å². The molecule has 182 valence electrons. The lowest BCUT2D eigenvalue weighted by Crippen LogP contribution is -2.56. The molecule has 4 N–H and O–H groups in total. The van der Waals surface area contributed by atoms with Gasteiger partial charge in [-0.3, -0.25) is 15.1 Å². The zero-order chi connectivity index (χ0) is 25.1. The largest absolute Gasteiger partial charge is 0.352 e. The molecule has 0 amide bonds. The molecule has 0 radical (unpaired) electrons. The molecular weight excluding hydrogens is 471 g/mol. The Morgan fingerprint density at radius 3 is 2.62 bits per heavy atom. The first-order chi connectivity index (χ1) is 18.0. The van der Waals surface area contributed by atoms with Crippen LogP contribution < -0.4 is 10.6 Å². The zero-order valence-electron chi connectivity index (χ0n) is 19.8. The Morgan fingerprint density at radius 1 is 0.919 bits per heavy atom. The minimum absolute atomic E-state index is 0.165. The number of benzene rings is 1. The number of hydrogen-bond donors (Lipinski definition) is 3. The zero-order valence-corrected chi connectivity index (χ0v) is 19.8. The first-order valence-corrected chi connectivity index (χ1v) is 11.8. The summed E-state index contributed by atoms with van der Waals surface area (Å²) in [7, 11) is 0. The fourth-order valence-electron chi connectivity index (χ4n) is 4.69. The first kappa shape index (κ1) is 21.5. The summed E-state index contributed by atoms with van der Waals surface area (Å²) in [6.45, 7) is 3.37. The number of aromatic amines is 2. The summed E-state index contributed by atoms with van der Waals surface area (Å²) in [6.07, 6.45) is 6.81. The molecule has 10 nitrogen and oxygen atoms in total. The Hall–Kier alpha value is -4.77. The molecule has 7 rings (SSSR count). The molecule has 0 unspecified atom stereocenters. The SMILES string of the molecule is Cc1cc(F)cc(-c2cncc3[nH]c(-c4n[nH]c5ccc(-c6cncc(N7CC(N)C7)n6)nc45)nc23)c1. The summed E-state index contributed by atoms with van der Waals surface area (Å²) in [5.74, 6) is 1.00. The maximum Gasteiger partial charge on any atom is 0.161 e. The summed E-state index contributed by atoms with van der Waals surface area (Å²) in [5.41, 5.74) is 12.9. The number of nitrogens with zero attached hydrogens (tertiary/aromatic N) is 7. The van der Waals surface area contributed by atoms with E-state index in [-0.39, 0.29) is 11.9 Å². The Bertz CT molecular complexity index is 1780. The van der Waals surface area contributed by atoms with Crippen molar-refractivity contribution in [1.29, 1.82) is 0 Å². The standard InChI is InChI=1S/C26H21FN10/c1-13-4-14(6-15(27)5-13)17-7-29-9-21-23(17)34-26(33-21)25-24-19(35-36-25)3-2-18(32-24)20-8-30-10-22(31-20)37-11-16(28)12-37/h2-10,16H,11-12,28H2,1H3,(H,33,34)(H,35,36). The van der Waals surface area contributed by atoms with Gasteiger partial charge in [0.05, 0.1) is 40.8 Å². The van der Waals surface area contributed by atoms with Gasteiger partial charge in [-0.15, -0.1) is 0 Å². The maximum absolute atomic E-state index is 14.1. The molecule has 6 heterocycles. The quantitative estimate of drug-likeness (QED) is 0.339. The van der Waals surface area contributed by atoms with Crippen molar-refractivity contribution in [2.75, 3.05) is 18.0 Å². The van der Waals surface area contributed by atoms with Gasteiger partial charge in [0.25, 0.3) is 0 Å². The number of hydrogen-bond acceptors (Lipinski definition) is 8. The van der Waals surface area contributed by atoms with Crippen LogP contribution in [0.1, 0.15) is 5.56 Å². The van der Waals surface area contributed by atoms with E-state index in [2.05, 4.69) is 30.0 Å². The molecule has 1 aliphatic heterocycles. The molecular formula is C26H21FN10. The lowest BCUT2D eigenvalue weighted by atomic mass is 10.0. The van der Waals surface area contributed by atoms with E-state index in [1.807, 2.05) is 25.1 Å². The number of nitrogens with two attached hydrogens (primary N) is 1. The number of halogens is 1. The summed E-state index contributed by atoms with van der Waals surface area (Å²) in [5, 5.41) is 7.51. The van der Waals surface area contributed by atoms with E-state index in [4.69, 9.17) is 20.7 Å². The highest BCUT2D eigenvalue weighted by molar-refractivity contribution is 5.95. The van der Waals surface area contributed by atoms with Gasteiger partial charge in [0.1, 0.15) is 22.8 Å². The number of H-pyrrole nitrogens is 2. The smallest absolute Gasteiger partial charge is 0.161 e. The number of fused-ring (bicyclic) bond motifs is 2. The lowest BCUT2D eigenvalue weighted by Gasteiger charge is -2.37. The number of imidazole rings is 1. The predicted molar refractivity (Wildman–Crippen MR) is 138 cm³/mol. The average molecular weight is 493 g/mol. The van der Waals surface area contributed by atoms with Crippen molar-refractivity contribution in [1.82, 2.24) is 40.1 Å². The van der Waals surface area contributed by atoms with Gasteiger partial charge >= 0.3 is 0 Å². The van der Waals surface area contributed by atoms with Crippen LogP contribution in [0, 0.1) is 12.7 Å². The van der Waals surface area contributed by atoms with E-state index < -0.39 is 0 Å². The van der Waals surface area contributed by atoms with Crippen LogP contribution in [-0.2, 0) is 0 Å². The number of anilines is 1. The van der Waals surface area contributed by atoms with Crippen LogP contribution in [0.15, 0.2) is 55.1 Å². The fourth-order valence-corrected chi connectivity index (χ4v) is 4.69. The number of pyridine rings is 2. The monoisotopic (exact) mass is 492 g/mol. The molecule has 0 atom stereocenters.